The van der Waals surface area contributed by atoms with Crippen molar-refractivity contribution >= 4 is 17.5 Å². The Kier molecular flexibility index (Phi) is 5.71. The van der Waals surface area contributed by atoms with Crippen LogP contribution in [0, 0.1) is 6.92 Å². The van der Waals surface area contributed by atoms with Gasteiger partial charge in [-0.2, -0.15) is 0 Å². The maximum Gasteiger partial charge on any atom is 0.272 e. The predicted molar refractivity (Wildman–Crippen MR) is 102 cm³/mol. The first-order valence-electron chi connectivity index (χ1n) is 9.18. The van der Waals surface area contributed by atoms with Crippen LogP contribution in [0.2, 0.25) is 0 Å². The molecule has 1 fully saturated rings. The van der Waals surface area contributed by atoms with Gasteiger partial charge in [-0.15, -0.1) is 0 Å². The van der Waals surface area contributed by atoms with Crippen molar-refractivity contribution in [2.24, 2.45) is 0 Å². The molecule has 0 radical (unpaired) electrons. The van der Waals surface area contributed by atoms with E-state index in [4.69, 9.17) is 4.74 Å². The van der Waals surface area contributed by atoms with Crippen molar-refractivity contribution in [1.82, 2.24) is 14.9 Å². The number of carbonyl (C=O) groups is 1. The number of hydrogen-bond donors (Lipinski definition) is 1. The number of likely N-dealkylation sites (tertiary alicyclic amines) is 1. The summed E-state index contributed by atoms with van der Waals surface area (Å²) >= 11 is 0. The molecular formula is C20H26N4O2. The van der Waals surface area contributed by atoms with Crippen LogP contribution in [0.25, 0.3) is 0 Å². The van der Waals surface area contributed by atoms with Crippen LogP contribution in [0.3, 0.4) is 0 Å². The summed E-state index contributed by atoms with van der Waals surface area (Å²) in [7, 11) is 1.62. The Morgan fingerprint density at radius 3 is 2.96 bits per heavy atom. The average Bonchev–Trinajstić information content (AvgIpc) is 2.68. The van der Waals surface area contributed by atoms with Crippen LogP contribution < -0.4 is 10.1 Å². The quantitative estimate of drug-likeness (QED) is 0.881. The Morgan fingerprint density at radius 1 is 1.35 bits per heavy atom. The number of ether oxygens (including phenoxy) is 1. The molecule has 6 nitrogen and oxygen atoms in total. The van der Waals surface area contributed by atoms with Crippen LogP contribution >= 0.6 is 0 Å². The minimum absolute atomic E-state index is 0.0155. The van der Waals surface area contributed by atoms with E-state index in [9.17, 15) is 4.79 Å². The van der Waals surface area contributed by atoms with Crippen LogP contribution in [-0.2, 0) is 0 Å². The summed E-state index contributed by atoms with van der Waals surface area (Å²) in [5.41, 5.74) is 2.30. The molecule has 2 heterocycles. The Labute approximate surface area is 154 Å². The summed E-state index contributed by atoms with van der Waals surface area (Å²) in [6, 6.07) is 7.83. The van der Waals surface area contributed by atoms with Crippen LogP contribution in [0.15, 0.2) is 30.5 Å². The summed E-state index contributed by atoms with van der Waals surface area (Å²) in [4.78, 5) is 23.6. The number of nitrogens with one attached hydrogen (secondary N) is 1. The number of nitrogens with zero attached hydrogens (tertiary/aromatic N) is 3. The molecule has 1 N–H and O–H groups in total. The van der Waals surface area contributed by atoms with E-state index >= 15 is 0 Å². The van der Waals surface area contributed by atoms with E-state index in [-0.39, 0.29) is 5.91 Å². The molecule has 1 aromatic heterocycles. The minimum Gasteiger partial charge on any atom is -0.495 e. The first-order chi connectivity index (χ1) is 12.6. The van der Waals surface area contributed by atoms with Gasteiger partial charge in [-0.25, -0.2) is 9.97 Å². The van der Waals surface area contributed by atoms with Gasteiger partial charge in [-0.3, -0.25) is 4.79 Å². The second-order valence-electron chi connectivity index (χ2n) is 6.65. The lowest BCUT2D eigenvalue weighted by atomic mass is 9.99. The molecule has 1 unspecified atom stereocenters. The molecule has 1 aliphatic rings. The molecular weight excluding hydrogens is 328 g/mol. The van der Waals surface area contributed by atoms with E-state index in [2.05, 4.69) is 22.2 Å². The summed E-state index contributed by atoms with van der Waals surface area (Å²) in [6.07, 6.45) is 5.90. The molecule has 2 aromatic rings. The molecule has 1 amide bonds. The average molecular weight is 354 g/mol. The van der Waals surface area contributed by atoms with Crippen molar-refractivity contribution < 1.29 is 9.53 Å². The van der Waals surface area contributed by atoms with E-state index < -0.39 is 0 Å². The van der Waals surface area contributed by atoms with Gasteiger partial charge < -0.3 is 15.0 Å². The molecule has 0 bridgehead atoms. The SMILES string of the molecule is CCC1CCCCN1C(=O)c1ccnc(Nc2cc(C)ccc2OC)n1. The zero-order chi connectivity index (χ0) is 18.5. The van der Waals surface area contributed by atoms with Crippen molar-refractivity contribution in [3.05, 3.63) is 41.7 Å². The maximum absolute atomic E-state index is 12.9. The largest absolute Gasteiger partial charge is 0.495 e. The van der Waals surface area contributed by atoms with Crippen LogP contribution in [-0.4, -0.2) is 40.5 Å². The molecule has 1 atom stereocenters. The Morgan fingerprint density at radius 2 is 2.19 bits per heavy atom. The first kappa shape index (κ1) is 18.2. The van der Waals surface area contributed by atoms with Gasteiger partial charge >= 0.3 is 0 Å². The zero-order valence-electron chi connectivity index (χ0n) is 15.7. The highest BCUT2D eigenvalue weighted by atomic mass is 16.5. The fourth-order valence-electron chi connectivity index (χ4n) is 3.42. The van der Waals surface area contributed by atoms with Gasteiger partial charge in [0.05, 0.1) is 12.8 Å². The molecule has 1 saturated heterocycles. The number of anilines is 2. The lowest BCUT2D eigenvalue weighted by Crippen LogP contribution is -2.43. The van der Waals surface area contributed by atoms with Gasteiger partial charge in [-0.05, 0) is 56.4 Å². The topological polar surface area (TPSA) is 67.4 Å². The Bertz CT molecular complexity index is 778. The molecule has 0 saturated carbocycles. The standard InChI is InChI=1S/C20H26N4O2/c1-4-15-7-5-6-12-24(15)19(25)16-10-11-21-20(22-16)23-17-13-14(2)8-9-18(17)26-3/h8-11,13,15H,4-7,12H2,1-3H3,(H,21,22,23). The van der Waals surface area contributed by atoms with Crippen molar-refractivity contribution in [2.45, 2.75) is 45.6 Å². The van der Waals surface area contributed by atoms with Crippen LogP contribution in [0.1, 0.15) is 48.7 Å². The third-order valence-corrected chi connectivity index (χ3v) is 4.84. The number of rotatable bonds is 5. The number of aryl methyl sites for hydroxylation is 1. The van der Waals surface area contributed by atoms with E-state index in [0.29, 0.717) is 23.4 Å². The van der Waals surface area contributed by atoms with Crippen molar-refractivity contribution in [3.63, 3.8) is 0 Å². The maximum atomic E-state index is 12.9. The third-order valence-electron chi connectivity index (χ3n) is 4.84. The van der Waals surface area contributed by atoms with Crippen LogP contribution in [0.5, 0.6) is 5.75 Å². The van der Waals surface area contributed by atoms with Gasteiger partial charge in [0.2, 0.25) is 5.95 Å². The smallest absolute Gasteiger partial charge is 0.272 e. The molecule has 3 rings (SSSR count). The number of aromatic nitrogens is 2. The fourth-order valence-corrected chi connectivity index (χ4v) is 3.42. The monoisotopic (exact) mass is 354 g/mol. The fraction of sp³-hybridized carbons (Fsp3) is 0.450. The zero-order valence-corrected chi connectivity index (χ0v) is 15.7. The third kappa shape index (κ3) is 3.95. The van der Waals surface area contributed by atoms with Gasteiger partial charge in [0.1, 0.15) is 11.4 Å². The second kappa shape index (κ2) is 8.17. The van der Waals surface area contributed by atoms with Crippen LogP contribution in [0.4, 0.5) is 11.6 Å². The van der Waals surface area contributed by atoms with Gasteiger partial charge in [0, 0.05) is 18.8 Å². The predicted octanol–water partition coefficient (Wildman–Crippen LogP) is 3.94. The molecule has 0 spiro atoms. The highest BCUT2D eigenvalue weighted by Gasteiger charge is 2.27. The van der Waals surface area contributed by atoms with Gasteiger partial charge in [-0.1, -0.05) is 13.0 Å². The lowest BCUT2D eigenvalue weighted by molar-refractivity contribution is 0.0602. The van der Waals surface area contributed by atoms with E-state index in [0.717, 1.165) is 37.1 Å². The molecule has 138 valence electrons. The molecule has 1 aromatic carbocycles. The number of methoxy groups -OCH3 is 1. The van der Waals surface area contributed by atoms with Gasteiger partial charge in [0.25, 0.3) is 5.91 Å². The summed E-state index contributed by atoms with van der Waals surface area (Å²) < 4.78 is 5.38. The number of piperidine rings is 1. The van der Waals surface area contributed by atoms with E-state index in [1.165, 1.54) is 6.42 Å². The summed E-state index contributed by atoms with van der Waals surface area (Å²) in [5.74, 6) is 1.08. The number of benzene rings is 1. The van der Waals surface area contributed by atoms with Gasteiger partial charge in [0.15, 0.2) is 0 Å². The lowest BCUT2D eigenvalue weighted by Gasteiger charge is -2.35. The Balaban J connectivity index is 1.82. The minimum atomic E-state index is -0.0155. The summed E-state index contributed by atoms with van der Waals surface area (Å²) in [5, 5.41) is 3.17. The highest BCUT2D eigenvalue weighted by molar-refractivity contribution is 5.92. The molecule has 0 aliphatic carbocycles. The summed E-state index contributed by atoms with van der Waals surface area (Å²) in [6.45, 7) is 4.94. The first-order valence-corrected chi connectivity index (χ1v) is 9.18. The van der Waals surface area contributed by atoms with E-state index in [1.54, 1.807) is 19.4 Å². The number of amides is 1. The van der Waals surface area contributed by atoms with Crippen molar-refractivity contribution in [3.8, 4) is 5.75 Å². The number of hydrogen-bond acceptors (Lipinski definition) is 5. The molecule has 26 heavy (non-hydrogen) atoms. The van der Waals surface area contributed by atoms with Crippen molar-refractivity contribution in [1.29, 1.82) is 0 Å². The Hall–Kier alpha value is -2.63. The second-order valence-corrected chi connectivity index (χ2v) is 6.65. The number of carbonyl (C=O) groups excluding carboxylic acids is 1. The van der Waals surface area contributed by atoms with E-state index in [1.807, 2.05) is 30.0 Å². The highest BCUT2D eigenvalue weighted by Crippen LogP contribution is 2.27. The van der Waals surface area contributed by atoms with Crippen molar-refractivity contribution in [2.75, 3.05) is 19.0 Å². The molecule has 6 heteroatoms. The normalized spacial score (nSPS) is 17.0. The molecule has 1 aliphatic heterocycles.